The molecule has 1 aliphatic heterocycles. The highest BCUT2D eigenvalue weighted by Gasteiger charge is 2.28. The van der Waals surface area contributed by atoms with Gasteiger partial charge in [-0.15, -0.1) is 0 Å². The lowest BCUT2D eigenvalue weighted by molar-refractivity contribution is -0.130. The molecule has 1 unspecified atom stereocenters. The standard InChI is InChI=1S/C24H20N2O3/c27-23-16-28-21(15-29-22-9-3-7-18-8-4-12-25-24(18)22)14-26(23)20-11-10-17-5-1-2-6-19(17)13-20/h1-13,21H,14-16H2. The molecule has 0 spiro atoms. The Morgan fingerprint density at radius 1 is 0.966 bits per heavy atom. The van der Waals surface area contributed by atoms with Crippen molar-refractivity contribution in [2.45, 2.75) is 6.10 Å². The van der Waals surface area contributed by atoms with Gasteiger partial charge in [-0.1, -0.05) is 48.5 Å². The molecular formula is C24H20N2O3. The van der Waals surface area contributed by atoms with Crippen molar-refractivity contribution < 1.29 is 14.3 Å². The number of anilines is 1. The Balaban J connectivity index is 1.33. The van der Waals surface area contributed by atoms with Gasteiger partial charge in [-0.25, -0.2) is 0 Å². The van der Waals surface area contributed by atoms with Crippen LogP contribution < -0.4 is 9.64 Å². The van der Waals surface area contributed by atoms with Crippen molar-refractivity contribution in [2.24, 2.45) is 0 Å². The summed E-state index contributed by atoms with van der Waals surface area (Å²) in [6.45, 7) is 0.858. The molecule has 1 saturated heterocycles. The molecule has 0 bridgehead atoms. The Bertz CT molecular complexity index is 1190. The number of morpholine rings is 1. The Kier molecular flexibility index (Phi) is 4.58. The SMILES string of the molecule is O=C1COC(COc2cccc3cccnc23)CN1c1ccc2ccccc2c1. The number of pyridine rings is 1. The van der Waals surface area contributed by atoms with Gasteiger partial charge in [-0.05, 0) is 35.0 Å². The van der Waals surface area contributed by atoms with E-state index in [4.69, 9.17) is 9.47 Å². The van der Waals surface area contributed by atoms with E-state index in [9.17, 15) is 4.79 Å². The van der Waals surface area contributed by atoms with Gasteiger partial charge in [0.25, 0.3) is 5.91 Å². The van der Waals surface area contributed by atoms with Gasteiger partial charge in [0.1, 0.15) is 30.6 Å². The largest absolute Gasteiger partial charge is 0.489 e. The predicted molar refractivity (Wildman–Crippen MR) is 113 cm³/mol. The van der Waals surface area contributed by atoms with Gasteiger partial charge in [0, 0.05) is 17.3 Å². The zero-order chi connectivity index (χ0) is 19.6. The lowest BCUT2D eigenvalue weighted by atomic mass is 10.1. The molecule has 1 fully saturated rings. The number of rotatable bonds is 4. The number of carbonyl (C=O) groups is 1. The minimum absolute atomic E-state index is 0.0386. The average Bonchev–Trinajstić information content (AvgIpc) is 2.78. The van der Waals surface area contributed by atoms with Crippen molar-refractivity contribution in [3.05, 3.63) is 79.0 Å². The number of nitrogens with zero attached hydrogens (tertiary/aromatic N) is 2. The van der Waals surface area contributed by atoms with Crippen LogP contribution >= 0.6 is 0 Å². The summed E-state index contributed by atoms with van der Waals surface area (Å²) in [7, 11) is 0. The lowest BCUT2D eigenvalue weighted by Gasteiger charge is -2.32. The fraction of sp³-hybridized carbons (Fsp3) is 0.167. The number of benzene rings is 3. The molecule has 1 aromatic heterocycles. The van der Waals surface area contributed by atoms with Crippen LogP contribution in [0.3, 0.4) is 0 Å². The summed E-state index contributed by atoms with van der Waals surface area (Å²) in [5.41, 5.74) is 1.71. The van der Waals surface area contributed by atoms with E-state index in [0.29, 0.717) is 13.2 Å². The second-order valence-corrected chi connectivity index (χ2v) is 7.11. The highest BCUT2D eigenvalue weighted by Crippen LogP contribution is 2.26. The molecule has 2 heterocycles. The average molecular weight is 384 g/mol. The molecule has 0 aliphatic carbocycles. The molecule has 1 aliphatic rings. The third-order valence-corrected chi connectivity index (χ3v) is 5.19. The molecule has 5 nitrogen and oxygen atoms in total. The van der Waals surface area contributed by atoms with Crippen LogP contribution in [-0.2, 0) is 9.53 Å². The van der Waals surface area contributed by atoms with Crippen molar-refractivity contribution in [3.8, 4) is 5.75 Å². The first-order valence-electron chi connectivity index (χ1n) is 9.65. The monoisotopic (exact) mass is 384 g/mol. The summed E-state index contributed by atoms with van der Waals surface area (Å²) in [4.78, 5) is 18.7. The van der Waals surface area contributed by atoms with Crippen LogP contribution in [0.15, 0.2) is 79.0 Å². The third-order valence-electron chi connectivity index (χ3n) is 5.19. The van der Waals surface area contributed by atoms with Crippen LogP contribution in [0, 0.1) is 0 Å². The maximum absolute atomic E-state index is 12.5. The van der Waals surface area contributed by atoms with Crippen molar-refractivity contribution in [3.63, 3.8) is 0 Å². The molecule has 0 radical (unpaired) electrons. The summed E-state index contributed by atoms with van der Waals surface area (Å²) in [6, 6.07) is 24.0. The second-order valence-electron chi connectivity index (χ2n) is 7.11. The van der Waals surface area contributed by atoms with Gasteiger partial charge in [0.05, 0.1) is 6.54 Å². The Labute approximate surface area is 168 Å². The minimum atomic E-state index is -0.210. The number of hydrogen-bond donors (Lipinski definition) is 0. The van der Waals surface area contributed by atoms with Crippen LogP contribution in [0.25, 0.3) is 21.7 Å². The third kappa shape index (κ3) is 3.52. The summed E-state index contributed by atoms with van der Waals surface area (Å²) in [6.07, 6.45) is 1.55. The molecule has 3 aromatic carbocycles. The summed E-state index contributed by atoms with van der Waals surface area (Å²) in [5.74, 6) is 0.684. The van der Waals surface area contributed by atoms with E-state index in [1.165, 1.54) is 0 Å². The highest BCUT2D eigenvalue weighted by atomic mass is 16.5. The maximum Gasteiger partial charge on any atom is 0.253 e. The van der Waals surface area contributed by atoms with Gasteiger partial charge in [-0.3, -0.25) is 9.78 Å². The quantitative estimate of drug-likeness (QED) is 0.529. The molecule has 5 heteroatoms. The molecule has 144 valence electrons. The summed E-state index contributed by atoms with van der Waals surface area (Å²) < 4.78 is 11.7. The van der Waals surface area contributed by atoms with E-state index >= 15 is 0 Å². The van der Waals surface area contributed by atoms with E-state index in [0.717, 1.165) is 33.1 Å². The van der Waals surface area contributed by atoms with Crippen LogP contribution in [0.1, 0.15) is 0 Å². The fourth-order valence-corrected chi connectivity index (χ4v) is 3.70. The normalized spacial score (nSPS) is 17.0. The fourth-order valence-electron chi connectivity index (χ4n) is 3.70. The predicted octanol–water partition coefficient (Wildman–Crippen LogP) is 4.20. The van der Waals surface area contributed by atoms with E-state index in [-0.39, 0.29) is 18.6 Å². The van der Waals surface area contributed by atoms with E-state index in [1.54, 1.807) is 11.1 Å². The first kappa shape index (κ1) is 17.6. The smallest absolute Gasteiger partial charge is 0.253 e. The van der Waals surface area contributed by atoms with E-state index in [1.807, 2.05) is 60.7 Å². The van der Waals surface area contributed by atoms with Crippen molar-refractivity contribution in [2.75, 3.05) is 24.7 Å². The van der Waals surface area contributed by atoms with Crippen molar-refractivity contribution in [1.82, 2.24) is 4.98 Å². The van der Waals surface area contributed by atoms with Gasteiger partial charge in [-0.2, -0.15) is 0 Å². The Hall–Kier alpha value is -3.44. The Morgan fingerprint density at radius 2 is 1.79 bits per heavy atom. The van der Waals surface area contributed by atoms with Crippen LogP contribution in [0.2, 0.25) is 0 Å². The molecule has 1 atom stereocenters. The zero-order valence-corrected chi connectivity index (χ0v) is 15.8. The number of para-hydroxylation sites is 1. The summed E-state index contributed by atoms with van der Waals surface area (Å²) >= 11 is 0. The van der Waals surface area contributed by atoms with Crippen LogP contribution in [0.5, 0.6) is 5.75 Å². The molecule has 0 saturated carbocycles. The highest BCUT2D eigenvalue weighted by molar-refractivity contribution is 5.97. The van der Waals surface area contributed by atoms with Crippen LogP contribution in [-0.4, -0.2) is 36.8 Å². The second kappa shape index (κ2) is 7.53. The molecule has 4 aromatic rings. The van der Waals surface area contributed by atoms with Crippen molar-refractivity contribution >= 4 is 33.3 Å². The maximum atomic E-state index is 12.5. The van der Waals surface area contributed by atoms with Crippen molar-refractivity contribution in [1.29, 1.82) is 0 Å². The van der Waals surface area contributed by atoms with E-state index in [2.05, 4.69) is 17.1 Å². The number of fused-ring (bicyclic) bond motifs is 2. The topological polar surface area (TPSA) is 51.7 Å². The van der Waals surface area contributed by atoms with E-state index < -0.39 is 0 Å². The number of ether oxygens (including phenoxy) is 2. The van der Waals surface area contributed by atoms with Gasteiger partial charge < -0.3 is 14.4 Å². The first-order chi connectivity index (χ1) is 14.3. The number of carbonyl (C=O) groups excluding carboxylic acids is 1. The summed E-state index contributed by atoms with van der Waals surface area (Å²) in [5, 5.41) is 3.29. The molecule has 1 amide bonds. The molecule has 5 rings (SSSR count). The number of amides is 1. The minimum Gasteiger partial charge on any atom is -0.489 e. The number of hydrogen-bond acceptors (Lipinski definition) is 4. The Morgan fingerprint density at radius 3 is 2.72 bits per heavy atom. The van der Waals surface area contributed by atoms with Crippen LogP contribution in [0.4, 0.5) is 5.69 Å². The first-order valence-corrected chi connectivity index (χ1v) is 9.65. The van der Waals surface area contributed by atoms with Gasteiger partial charge in [0.2, 0.25) is 0 Å². The number of aromatic nitrogens is 1. The van der Waals surface area contributed by atoms with Gasteiger partial charge >= 0.3 is 0 Å². The molecular weight excluding hydrogens is 364 g/mol. The molecule has 0 N–H and O–H groups in total. The molecule has 29 heavy (non-hydrogen) atoms. The van der Waals surface area contributed by atoms with Gasteiger partial charge in [0.15, 0.2) is 0 Å². The zero-order valence-electron chi connectivity index (χ0n) is 15.8. The lowest BCUT2D eigenvalue weighted by Crippen LogP contribution is -2.48.